The van der Waals surface area contributed by atoms with Gasteiger partial charge in [-0.2, -0.15) is 24.7 Å². The molecule has 0 radical (unpaired) electrons. The maximum absolute atomic E-state index is 12.5. The van der Waals surface area contributed by atoms with Crippen molar-refractivity contribution < 1.29 is 9.53 Å². The van der Waals surface area contributed by atoms with E-state index in [9.17, 15) is 9.59 Å². The van der Waals surface area contributed by atoms with Crippen molar-refractivity contribution in [2.75, 3.05) is 11.5 Å². The molecule has 27 heavy (non-hydrogen) atoms. The number of hydrogen-bond acceptors (Lipinski definition) is 9. The van der Waals surface area contributed by atoms with Gasteiger partial charge in [0.15, 0.2) is 12.4 Å². The fraction of sp³-hybridized carbons (Fsp3) is 0.0667. The summed E-state index contributed by atoms with van der Waals surface area (Å²) in [5, 5.41) is 3.69. The number of benzene rings is 1. The van der Waals surface area contributed by atoms with Crippen LogP contribution in [-0.4, -0.2) is 30.7 Å². The van der Waals surface area contributed by atoms with Gasteiger partial charge < -0.3 is 16.2 Å². The van der Waals surface area contributed by atoms with Crippen LogP contribution >= 0.6 is 23.2 Å². The van der Waals surface area contributed by atoms with Gasteiger partial charge in [0, 0.05) is 0 Å². The Labute approximate surface area is 161 Å². The highest BCUT2D eigenvalue weighted by Gasteiger charge is 2.18. The number of carbonyl (C=O) groups excluding carboxylic acids is 1. The first-order valence-corrected chi connectivity index (χ1v) is 8.08. The number of nitrogen functional groups attached to an aromatic ring is 2. The molecule has 0 bridgehead atoms. The third-order valence-corrected chi connectivity index (χ3v) is 4.03. The number of halogens is 2. The van der Waals surface area contributed by atoms with Crippen LogP contribution in [0.4, 0.5) is 11.9 Å². The van der Waals surface area contributed by atoms with Crippen LogP contribution in [0.1, 0.15) is 16.2 Å². The van der Waals surface area contributed by atoms with Crippen molar-refractivity contribution >= 4 is 41.1 Å². The summed E-state index contributed by atoms with van der Waals surface area (Å²) in [5.74, 6) is -0.861. The normalized spacial score (nSPS) is 10.6. The van der Waals surface area contributed by atoms with Gasteiger partial charge in [-0.05, 0) is 12.1 Å². The van der Waals surface area contributed by atoms with Crippen molar-refractivity contribution in [2.45, 2.75) is 6.61 Å². The van der Waals surface area contributed by atoms with Crippen LogP contribution < -0.4 is 17.0 Å². The second kappa shape index (κ2) is 7.56. The first kappa shape index (κ1) is 18.5. The SMILES string of the molecule is Nc1nc(N)nc(COC(=O)c2ccccc2-n2ncc(Cl)c(Cl)c2=O)n1. The molecule has 4 N–H and O–H groups in total. The van der Waals surface area contributed by atoms with Gasteiger partial charge in [0.2, 0.25) is 11.9 Å². The fourth-order valence-corrected chi connectivity index (χ4v) is 2.40. The van der Waals surface area contributed by atoms with Gasteiger partial charge in [0.05, 0.1) is 22.5 Å². The second-order valence-electron chi connectivity index (χ2n) is 5.08. The number of anilines is 2. The van der Waals surface area contributed by atoms with Crippen LogP contribution in [0.2, 0.25) is 10.0 Å². The van der Waals surface area contributed by atoms with Crippen LogP contribution in [-0.2, 0) is 11.3 Å². The summed E-state index contributed by atoms with van der Waals surface area (Å²) in [4.78, 5) is 36.0. The van der Waals surface area contributed by atoms with E-state index in [0.717, 1.165) is 4.68 Å². The van der Waals surface area contributed by atoms with E-state index < -0.39 is 11.5 Å². The molecular formula is C15H11Cl2N7O3. The quantitative estimate of drug-likeness (QED) is 0.608. The number of nitrogens with zero attached hydrogens (tertiary/aromatic N) is 5. The average Bonchev–Trinajstić information content (AvgIpc) is 2.64. The predicted molar refractivity (Wildman–Crippen MR) is 97.6 cm³/mol. The largest absolute Gasteiger partial charge is 0.454 e. The van der Waals surface area contributed by atoms with Gasteiger partial charge in [0.1, 0.15) is 5.02 Å². The van der Waals surface area contributed by atoms with Crippen molar-refractivity contribution in [2.24, 2.45) is 0 Å². The fourth-order valence-electron chi connectivity index (χ4n) is 2.14. The summed E-state index contributed by atoms with van der Waals surface area (Å²) < 4.78 is 6.12. The molecule has 0 spiro atoms. The summed E-state index contributed by atoms with van der Waals surface area (Å²) in [6.45, 7) is -0.298. The van der Waals surface area contributed by atoms with Gasteiger partial charge in [-0.3, -0.25) is 4.79 Å². The molecule has 12 heteroatoms. The van der Waals surface area contributed by atoms with E-state index in [0.29, 0.717) is 0 Å². The van der Waals surface area contributed by atoms with E-state index in [-0.39, 0.29) is 45.6 Å². The molecule has 2 heterocycles. The molecule has 0 aliphatic carbocycles. The van der Waals surface area contributed by atoms with E-state index in [1.54, 1.807) is 12.1 Å². The highest BCUT2D eigenvalue weighted by Crippen LogP contribution is 2.18. The molecule has 2 aromatic heterocycles. The number of hydrogen-bond donors (Lipinski definition) is 2. The Kier molecular flexibility index (Phi) is 5.19. The molecule has 3 aromatic rings. The van der Waals surface area contributed by atoms with Crippen molar-refractivity contribution in [3.8, 4) is 5.69 Å². The van der Waals surface area contributed by atoms with Gasteiger partial charge in [0.25, 0.3) is 5.56 Å². The number of esters is 1. The second-order valence-corrected chi connectivity index (χ2v) is 5.87. The van der Waals surface area contributed by atoms with E-state index >= 15 is 0 Å². The molecule has 0 amide bonds. The third-order valence-electron chi connectivity index (χ3n) is 3.28. The van der Waals surface area contributed by atoms with Crippen molar-refractivity contribution in [1.29, 1.82) is 0 Å². The zero-order valence-electron chi connectivity index (χ0n) is 13.5. The lowest BCUT2D eigenvalue weighted by atomic mass is 10.2. The zero-order chi connectivity index (χ0) is 19.6. The Morgan fingerprint density at radius 2 is 1.78 bits per heavy atom. The number of ether oxygens (including phenoxy) is 1. The van der Waals surface area contributed by atoms with Crippen molar-refractivity contribution in [3.05, 3.63) is 62.2 Å². The van der Waals surface area contributed by atoms with Gasteiger partial charge in [-0.25, -0.2) is 4.79 Å². The first-order valence-electron chi connectivity index (χ1n) is 7.32. The predicted octanol–water partition coefficient (Wildman–Crippen LogP) is 1.25. The van der Waals surface area contributed by atoms with Crippen molar-refractivity contribution in [3.63, 3.8) is 0 Å². The van der Waals surface area contributed by atoms with E-state index in [1.165, 1.54) is 18.3 Å². The monoisotopic (exact) mass is 407 g/mol. The summed E-state index contributed by atoms with van der Waals surface area (Å²) >= 11 is 11.6. The van der Waals surface area contributed by atoms with E-state index in [2.05, 4.69) is 20.1 Å². The number of rotatable bonds is 4. The van der Waals surface area contributed by atoms with Crippen molar-refractivity contribution in [1.82, 2.24) is 24.7 Å². The summed E-state index contributed by atoms with van der Waals surface area (Å²) in [7, 11) is 0. The van der Waals surface area contributed by atoms with Crippen LogP contribution in [0.25, 0.3) is 5.69 Å². The molecule has 0 saturated heterocycles. The summed E-state index contributed by atoms with van der Waals surface area (Å²) in [6, 6.07) is 6.19. The standard InChI is InChI=1S/C15H11Cl2N7O3/c16-8-5-20-24(12(25)11(8)17)9-4-2-1-3-7(9)13(26)27-6-10-21-14(18)23-15(19)22-10/h1-5H,6H2,(H4,18,19,21,22,23). The smallest absolute Gasteiger partial charge is 0.340 e. The minimum absolute atomic E-state index is 0.00277. The Morgan fingerprint density at radius 3 is 2.48 bits per heavy atom. The van der Waals surface area contributed by atoms with E-state index in [1.807, 2.05) is 0 Å². The Morgan fingerprint density at radius 1 is 1.11 bits per heavy atom. The number of carbonyl (C=O) groups is 1. The number of nitrogens with two attached hydrogens (primary N) is 2. The molecular weight excluding hydrogens is 397 g/mol. The van der Waals surface area contributed by atoms with Crippen LogP contribution in [0.5, 0.6) is 0 Å². The zero-order valence-corrected chi connectivity index (χ0v) is 15.0. The van der Waals surface area contributed by atoms with E-state index in [4.69, 9.17) is 39.4 Å². The Bertz CT molecular complexity index is 1070. The summed E-state index contributed by atoms with van der Waals surface area (Å²) in [5.41, 5.74) is 10.5. The molecule has 0 aliphatic rings. The number of aromatic nitrogens is 5. The van der Waals surface area contributed by atoms with Crippen LogP contribution in [0, 0.1) is 0 Å². The third kappa shape index (κ3) is 3.96. The maximum atomic E-state index is 12.5. The van der Waals surface area contributed by atoms with Crippen LogP contribution in [0.15, 0.2) is 35.3 Å². The Balaban J connectivity index is 1.91. The van der Waals surface area contributed by atoms with Gasteiger partial charge in [-0.15, -0.1) is 0 Å². The van der Waals surface area contributed by atoms with Gasteiger partial charge >= 0.3 is 5.97 Å². The first-order chi connectivity index (χ1) is 12.9. The lowest BCUT2D eigenvalue weighted by Gasteiger charge is -2.11. The molecule has 0 fully saturated rings. The molecule has 0 aliphatic heterocycles. The molecule has 0 atom stereocenters. The molecule has 0 unspecified atom stereocenters. The van der Waals surface area contributed by atoms with Crippen LogP contribution in [0.3, 0.4) is 0 Å². The molecule has 3 rings (SSSR count). The minimum Gasteiger partial charge on any atom is -0.454 e. The molecule has 10 nitrogen and oxygen atoms in total. The lowest BCUT2D eigenvalue weighted by molar-refractivity contribution is 0.0462. The summed E-state index contributed by atoms with van der Waals surface area (Å²) in [6.07, 6.45) is 1.20. The minimum atomic E-state index is -0.747. The molecule has 1 aromatic carbocycles. The highest BCUT2D eigenvalue weighted by atomic mass is 35.5. The molecule has 138 valence electrons. The highest BCUT2D eigenvalue weighted by molar-refractivity contribution is 6.41. The average molecular weight is 408 g/mol. The maximum Gasteiger partial charge on any atom is 0.340 e. The van der Waals surface area contributed by atoms with Gasteiger partial charge in [-0.1, -0.05) is 35.3 Å². The Hall–Kier alpha value is -3.24. The number of para-hydroxylation sites is 1. The molecule has 0 saturated carbocycles. The topological polar surface area (TPSA) is 152 Å². The lowest BCUT2D eigenvalue weighted by Crippen LogP contribution is -2.24.